The van der Waals surface area contributed by atoms with E-state index < -0.39 is 0 Å². The fraction of sp³-hybridized carbons (Fsp3) is 0.800. The van der Waals surface area contributed by atoms with E-state index in [1.54, 1.807) is 0 Å². The van der Waals surface area contributed by atoms with Gasteiger partial charge in [-0.05, 0) is 56.3 Å². The molecule has 0 fully saturated rings. The Kier molecular flexibility index (Phi) is 6.69. The molecule has 0 aromatic carbocycles. The number of aryl methyl sites for hydroxylation is 1. The van der Waals surface area contributed by atoms with Crippen molar-refractivity contribution in [3.8, 4) is 0 Å². The molecule has 0 amide bonds. The molecule has 1 N–H and O–H groups in total. The molecule has 0 aliphatic carbocycles. The Morgan fingerprint density at radius 1 is 1.30 bits per heavy atom. The standard InChI is InChI=1S/C15H29BrN4/c1-7-15(8-2,19(5)6)14(17-9-3)13-12(16)11-18-20(13)10-4/h11,14,17H,7-10H2,1-6H3. The molecule has 0 bridgehead atoms. The van der Waals surface area contributed by atoms with Crippen molar-refractivity contribution < 1.29 is 0 Å². The average Bonchev–Trinajstić information content (AvgIpc) is 2.80. The van der Waals surface area contributed by atoms with E-state index in [9.17, 15) is 0 Å². The first-order valence-electron chi connectivity index (χ1n) is 7.60. The molecule has 1 heterocycles. The van der Waals surface area contributed by atoms with Gasteiger partial charge in [0.15, 0.2) is 0 Å². The zero-order valence-corrected chi connectivity index (χ0v) is 15.3. The molecule has 1 aromatic heterocycles. The second kappa shape index (κ2) is 7.57. The molecule has 0 radical (unpaired) electrons. The topological polar surface area (TPSA) is 33.1 Å². The average molecular weight is 345 g/mol. The monoisotopic (exact) mass is 344 g/mol. The molecule has 116 valence electrons. The number of hydrogen-bond acceptors (Lipinski definition) is 3. The molecule has 4 nitrogen and oxygen atoms in total. The third kappa shape index (κ3) is 3.10. The van der Waals surface area contributed by atoms with E-state index in [0.29, 0.717) is 0 Å². The fourth-order valence-corrected chi connectivity index (χ4v) is 3.73. The number of hydrogen-bond donors (Lipinski definition) is 1. The number of aromatic nitrogens is 2. The lowest BCUT2D eigenvalue weighted by molar-refractivity contribution is 0.0845. The minimum absolute atomic E-state index is 0.0888. The smallest absolute Gasteiger partial charge is 0.0714 e. The maximum atomic E-state index is 4.49. The van der Waals surface area contributed by atoms with E-state index >= 15 is 0 Å². The van der Waals surface area contributed by atoms with Gasteiger partial charge in [0, 0.05) is 12.1 Å². The lowest BCUT2D eigenvalue weighted by atomic mass is 9.81. The summed E-state index contributed by atoms with van der Waals surface area (Å²) in [5, 5.41) is 8.18. The van der Waals surface area contributed by atoms with Crippen LogP contribution >= 0.6 is 15.9 Å². The summed E-state index contributed by atoms with van der Waals surface area (Å²) in [7, 11) is 4.36. The molecule has 1 unspecified atom stereocenters. The van der Waals surface area contributed by atoms with Gasteiger partial charge in [0.25, 0.3) is 0 Å². The molecular weight excluding hydrogens is 316 g/mol. The summed E-state index contributed by atoms with van der Waals surface area (Å²) in [5.41, 5.74) is 1.35. The van der Waals surface area contributed by atoms with Gasteiger partial charge in [-0.25, -0.2) is 0 Å². The van der Waals surface area contributed by atoms with Gasteiger partial charge in [-0.15, -0.1) is 0 Å². The number of likely N-dealkylation sites (N-methyl/N-ethyl adjacent to an activating group) is 2. The van der Waals surface area contributed by atoms with Crippen LogP contribution in [0.5, 0.6) is 0 Å². The van der Waals surface area contributed by atoms with Crippen LogP contribution in [0, 0.1) is 0 Å². The van der Waals surface area contributed by atoms with E-state index in [4.69, 9.17) is 0 Å². The number of rotatable bonds is 8. The van der Waals surface area contributed by atoms with Gasteiger partial charge >= 0.3 is 0 Å². The van der Waals surface area contributed by atoms with E-state index in [-0.39, 0.29) is 11.6 Å². The Bertz CT molecular complexity index is 410. The highest BCUT2D eigenvalue weighted by atomic mass is 79.9. The Hall–Kier alpha value is -0.390. The molecule has 1 aromatic rings. The van der Waals surface area contributed by atoms with E-state index in [0.717, 1.165) is 30.4 Å². The lowest BCUT2D eigenvalue weighted by Crippen LogP contribution is -2.53. The van der Waals surface area contributed by atoms with Crippen molar-refractivity contribution in [2.45, 2.75) is 58.7 Å². The van der Waals surface area contributed by atoms with Crippen molar-refractivity contribution in [2.75, 3.05) is 20.6 Å². The van der Waals surface area contributed by atoms with E-state index in [1.807, 2.05) is 6.20 Å². The Labute approximate surface area is 132 Å². The maximum Gasteiger partial charge on any atom is 0.0714 e. The fourth-order valence-electron chi connectivity index (χ4n) is 3.21. The van der Waals surface area contributed by atoms with Crippen LogP contribution in [-0.2, 0) is 6.54 Å². The highest BCUT2D eigenvalue weighted by Gasteiger charge is 2.40. The second-order valence-corrected chi connectivity index (χ2v) is 6.24. The van der Waals surface area contributed by atoms with Gasteiger partial charge in [-0.2, -0.15) is 5.10 Å². The summed E-state index contributed by atoms with van der Waals surface area (Å²) < 4.78 is 3.19. The van der Waals surface area contributed by atoms with Gasteiger partial charge in [0.05, 0.1) is 22.4 Å². The zero-order valence-electron chi connectivity index (χ0n) is 13.7. The van der Waals surface area contributed by atoms with Crippen LogP contribution in [-0.4, -0.2) is 40.9 Å². The molecule has 0 spiro atoms. The normalized spacial score (nSPS) is 14.0. The van der Waals surface area contributed by atoms with Crippen LogP contribution in [0.3, 0.4) is 0 Å². The van der Waals surface area contributed by atoms with Crippen molar-refractivity contribution in [3.63, 3.8) is 0 Å². The molecule has 0 aliphatic heterocycles. The molecule has 20 heavy (non-hydrogen) atoms. The van der Waals surface area contributed by atoms with Gasteiger partial charge < -0.3 is 10.2 Å². The summed E-state index contributed by atoms with van der Waals surface area (Å²) in [6, 6.07) is 0.259. The van der Waals surface area contributed by atoms with E-state index in [1.165, 1.54) is 5.69 Å². The molecule has 1 rings (SSSR count). The van der Waals surface area contributed by atoms with Crippen molar-refractivity contribution in [1.29, 1.82) is 0 Å². The quantitative estimate of drug-likeness (QED) is 0.784. The van der Waals surface area contributed by atoms with Crippen molar-refractivity contribution >= 4 is 15.9 Å². The van der Waals surface area contributed by atoms with Crippen LogP contribution in [0.1, 0.15) is 52.3 Å². The lowest BCUT2D eigenvalue weighted by Gasteiger charge is -2.45. The van der Waals surface area contributed by atoms with Crippen LogP contribution in [0.2, 0.25) is 0 Å². The van der Waals surface area contributed by atoms with Crippen molar-refractivity contribution in [2.24, 2.45) is 0 Å². The predicted molar refractivity (Wildman–Crippen MR) is 89.0 cm³/mol. The Morgan fingerprint density at radius 3 is 2.30 bits per heavy atom. The maximum absolute atomic E-state index is 4.49. The predicted octanol–water partition coefficient (Wildman–Crippen LogP) is 3.44. The number of nitrogens with one attached hydrogen (secondary N) is 1. The summed E-state index contributed by atoms with van der Waals surface area (Å²) in [5.74, 6) is 0. The van der Waals surface area contributed by atoms with Crippen molar-refractivity contribution in [3.05, 3.63) is 16.4 Å². The van der Waals surface area contributed by atoms with Crippen LogP contribution < -0.4 is 5.32 Å². The summed E-state index contributed by atoms with van der Waals surface area (Å²) in [6.45, 7) is 10.7. The van der Waals surface area contributed by atoms with E-state index in [2.05, 4.69) is 77.7 Å². The van der Waals surface area contributed by atoms with Gasteiger partial charge in [0.2, 0.25) is 0 Å². The molecule has 5 heteroatoms. The number of nitrogens with zero attached hydrogens (tertiary/aromatic N) is 3. The Balaban J connectivity index is 3.38. The summed E-state index contributed by atoms with van der Waals surface area (Å²) in [6.07, 6.45) is 4.10. The van der Waals surface area contributed by atoms with Crippen LogP contribution in [0.25, 0.3) is 0 Å². The second-order valence-electron chi connectivity index (χ2n) is 5.39. The molecule has 0 aliphatic rings. The van der Waals surface area contributed by atoms with Crippen LogP contribution in [0.4, 0.5) is 0 Å². The molecule has 1 atom stereocenters. The zero-order chi connectivity index (χ0) is 15.3. The third-order valence-electron chi connectivity index (χ3n) is 4.47. The number of halogens is 1. The SMILES string of the molecule is CCNC(c1c(Br)cnn1CC)C(CC)(CC)N(C)C. The minimum atomic E-state index is 0.0888. The first-order chi connectivity index (χ1) is 9.48. The molecular formula is C15H29BrN4. The van der Waals surface area contributed by atoms with Gasteiger partial charge in [-0.3, -0.25) is 4.68 Å². The molecule has 0 saturated carbocycles. The van der Waals surface area contributed by atoms with Crippen LogP contribution in [0.15, 0.2) is 10.7 Å². The first-order valence-corrected chi connectivity index (χ1v) is 8.39. The first kappa shape index (κ1) is 17.7. The summed E-state index contributed by atoms with van der Waals surface area (Å²) >= 11 is 3.69. The third-order valence-corrected chi connectivity index (χ3v) is 5.08. The highest BCUT2D eigenvalue weighted by Crippen LogP contribution is 2.38. The minimum Gasteiger partial charge on any atom is -0.307 e. The van der Waals surface area contributed by atoms with Gasteiger partial charge in [0.1, 0.15) is 0 Å². The Morgan fingerprint density at radius 2 is 1.90 bits per heavy atom. The van der Waals surface area contributed by atoms with Gasteiger partial charge in [-0.1, -0.05) is 20.8 Å². The van der Waals surface area contributed by atoms with Crippen molar-refractivity contribution in [1.82, 2.24) is 20.0 Å². The highest BCUT2D eigenvalue weighted by molar-refractivity contribution is 9.10. The molecule has 0 saturated heterocycles. The largest absolute Gasteiger partial charge is 0.307 e. The summed E-state index contributed by atoms with van der Waals surface area (Å²) in [4.78, 5) is 2.36.